The Labute approximate surface area is 162 Å². The van der Waals surface area contributed by atoms with E-state index in [4.69, 9.17) is 4.74 Å². The van der Waals surface area contributed by atoms with Gasteiger partial charge in [0.2, 0.25) is 0 Å². The van der Waals surface area contributed by atoms with E-state index in [-0.39, 0.29) is 18.4 Å². The van der Waals surface area contributed by atoms with Crippen LogP contribution in [0.2, 0.25) is 0 Å². The van der Waals surface area contributed by atoms with Gasteiger partial charge in [0.25, 0.3) is 5.91 Å². The first kappa shape index (κ1) is 18.1. The van der Waals surface area contributed by atoms with Crippen molar-refractivity contribution in [1.29, 1.82) is 0 Å². The Bertz CT molecular complexity index is 921. The molecule has 140 valence electrons. The van der Waals surface area contributed by atoms with Crippen LogP contribution in [-0.2, 0) is 10.3 Å². The number of aliphatic hydroxyl groups is 1. The van der Waals surface area contributed by atoms with Crippen molar-refractivity contribution >= 4 is 27.5 Å². The lowest BCUT2D eigenvalue weighted by atomic mass is 9.77. The number of carbonyl (C=O) groups excluding carboxylic acids is 1. The summed E-state index contributed by atoms with van der Waals surface area (Å²) < 4.78 is 6.43. The molecule has 1 amide bonds. The van der Waals surface area contributed by atoms with Crippen LogP contribution >= 0.6 is 11.3 Å². The maximum atomic E-state index is 12.7. The molecule has 1 fully saturated rings. The molecule has 1 aromatic heterocycles. The minimum Gasteiger partial charge on any atom is -0.383 e. The number of hydrogen-bond acceptors (Lipinski definition) is 5. The fraction of sp³-hybridized carbons (Fsp3) is 0.333. The van der Waals surface area contributed by atoms with Crippen LogP contribution in [-0.4, -0.2) is 35.8 Å². The molecule has 1 atom stereocenters. The van der Waals surface area contributed by atoms with Gasteiger partial charge in [-0.05, 0) is 42.5 Å². The van der Waals surface area contributed by atoms with Crippen molar-refractivity contribution in [3.05, 3.63) is 65.2 Å². The van der Waals surface area contributed by atoms with Crippen molar-refractivity contribution in [1.82, 2.24) is 10.3 Å². The molecule has 0 spiro atoms. The molecule has 27 heavy (non-hydrogen) atoms. The van der Waals surface area contributed by atoms with Crippen LogP contribution in [0.15, 0.2) is 54.0 Å². The summed E-state index contributed by atoms with van der Waals surface area (Å²) in [6, 6.07) is 15.1. The predicted molar refractivity (Wildman–Crippen MR) is 106 cm³/mol. The standard InChI is InChI=1S/C21H22N2O3S/c24-20(15-6-7-18-19(12-15)27-14-23-18)22-13-21(25,16-4-2-1-3-5-16)17-8-10-26-11-9-17/h1-7,12,14,17,25H,8-11,13H2,(H,22,24)/t21-/m0/s1. The maximum absolute atomic E-state index is 12.7. The van der Waals surface area contributed by atoms with Gasteiger partial charge in [-0.25, -0.2) is 4.98 Å². The summed E-state index contributed by atoms with van der Waals surface area (Å²) in [5.74, 6) is -0.148. The van der Waals surface area contributed by atoms with E-state index in [1.165, 1.54) is 11.3 Å². The van der Waals surface area contributed by atoms with E-state index < -0.39 is 5.60 Å². The van der Waals surface area contributed by atoms with Crippen LogP contribution < -0.4 is 5.32 Å². The third-order valence-corrected chi connectivity index (χ3v) is 6.07. The Balaban J connectivity index is 1.55. The molecule has 2 N–H and O–H groups in total. The lowest BCUT2D eigenvalue weighted by Gasteiger charge is -2.39. The first-order valence-electron chi connectivity index (χ1n) is 9.14. The number of rotatable bonds is 5. The zero-order chi connectivity index (χ0) is 18.7. The summed E-state index contributed by atoms with van der Waals surface area (Å²) in [5.41, 5.74) is 2.95. The molecular weight excluding hydrogens is 360 g/mol. The average Bonchev–Trinajstić information content (AvgIpc) is 3.21. The number of nitrogens with one attached hydrogen (secondary N) is 1. The summed E-state index contributed by atoms with van der Waals surface area (Å²) in [5, 5.41) is 14.5. The van der Waals surface area contributed by atoms with E-state index >= 15 is 0 Å². The van der Waals surface area contributed by atoms with E-state index in [0.29, 0.717) is 18.8 Å². The van der Waals surface area contributed by atoms with Crippen LogP contribution in [0.5, 0.6) is 0 Å². The van der Waals surface area contributed by atoms with Crippen LogP contribution in [0.25, 0.3) is 10.2 Å². The number of aromatic nitrogens is 1. The lowest BCUT2D eigenvalue weighted by Crippen LogP contribution is -2.47. The number of thiazole rings is 1. The zero-order valence-corrected chi connectivity index (χ0v) is 15.7. The number of benzene rings is 2. The minimum atomic E-state index is -1.12. The van der Waals surface area contributed by atoms with Crippen molar-refractivity contribution in [3.63, 3.8) is 0 Å². The highest BCUT2D eigenvalue weighted by atomic mass is 32.1. The summed E-state index contributed by atoms with van der Waals surface area (Å²) >= 11 is 1.51. The van der Waals surface area contributed by atoms with E-state index in [1.54, 1.807) is 11.6 Å². The Morgan fingerprint density at radius 3 is 2.78 bits per heavy atom. The van der Waals surface area contributed by atoms with Gasteiger partial charge >= 0.3 is 0 Å². The second kappa shape index (κ2) is 7.76. The Morgan fingerprint density at radius 1 is 1.22 bits per heavy atom. The number of fused-ring (bicyclic) bond motifs is 1. The number of ether oxygens (including phenoxy) is 1. The van der Waals surface area contributed by atoms with E-state index in [0.717, 1.165) is 28.6 Å². The summed E-state index contributed by atoms with van der Waals surface area (Å²) in [7, 11) is 0. The van der Waals surface area contributed by atoms with E-state index in [2.05, 4.69) is 10.3 Å². The van der Waals surface area contributed by atoms with Crippen LogP contribution in [0.4, 0.5) is 0 Å². The second-order valence-corrected chi connectivity index (χ2v) is 7.78. The molecule has 0 unspecified atom stereocenters. The highest BCUT2D eigenvalue weighted by Crippen LogP contribution is 2.35. The molecule has 0 saturated carbocycles. The molecule has 2 heterocycles. The van der Waals surface area contributed by atoms with Crippen LogP contribution in [0.3, 0.4) is 0 Å². The SMILES string of the molecule is O=C(NC[C@](O)(c1ccccc1)C1CCOCC1)c1ccc2ncsc2c1. The third kappa shape index (κ3) is 3.74. The number of amides is 1. The third-order valence-electron chi connectivity index (χ3n) is 5.28. The molecule has 1 saturated heterocycles. The van der Waals surface area contributed by atoms with Crippen molar-refractivity contribution in [3.8, 4) is 0 Å². The zero-order valence-electron chi connectivity index (χ0n) is 14.9. The maximum Gasteiger partial charge on any atom is 0.251 e. The number of carbonyl (C=O) groups is 1. The van der Waals surface area contributed by atoms with Gasteiger partial charge in [0.15, 0.2) is 0 Å². The van der Waals surface area contributed by atoms with Gasteiger partial charge < -0.3 is 15.2 Å². The molecule has 0 aliphatic carbocycles. The van der Waals surface area contributed by atoms with Crippen molar-refractivity contribution in [2.75, 3.05) is 19.8 Å². The molecule has 4 rings (SSSR count). The highest BCUT2D eigenvalue weighted by Gasteiger charge is 2.39. The number of nitrogens with zero attached hydrogens (tertiary/aromatic N) is 1. The molecule has 0 bridgehead atoms. The Hall–Kier alpha value is -2.28. The van der Waals surface area contributed by atoms with Crippen LogP contribution in [0.1, 0.15) is 28.8 Å². The predicted octanol–water partition coefficient (Wildman–Crippen LogP) is 3.34. The van der Waals surface area contributed by atoms with Crippen molar-refractivity contribution < 1.29 is 14.6 Å². The van der Waals surface area contributed by atoms with Crippen molar-refractivity contribution in [2.45, 2.75) is 18.4 Å². The molecular formula is C21H22N2O3S. The highest BCUT2D eigenvalue weighted by molar-refractivity contribution is 7.16. The summed E-state index contributed by atoms with van der Waals surface area (Å²) in [6.07, 6.45) is 1.54. The molecule has 5 nitrogen and oxygen atoms in total. The van der Waals surface area contributed by atoms with Crippen LogP contribution in [0, 0.1) is 5.92 Å². The van der Waals surface area contributed by atoms with Gasteiger partial charge in [-0.1, -0.05) is 30.3 Å². The van der Waals surface area contributed by atoms with E-state index in [9.17, 15) is 9.90 Å². The van der Waals surface area contributed by atoms with Gasteiger partial charge in [0.05, 0.1) is 22.3 Å². The largest absolute Gasteiger partial charge is 0.383 e. The average molecular weight is 382 g/mol. The topological polar surface area (TPSA) is 71.5 Å². The Kier molecular flexibility index (Phi) is 5.20. The Morgan fingerprint density at radius 2 is 2.00 bits per heavy atom. The lowest BCUT2D eigenvalue weighted by molar-refractivity contribution is -0.0680. The fourth-order valence-electron chi connectivity index (χ4n) is 3.70. The normalized spacial score (nSPS) is 17.5. The second-order valence-electron chi connectivity index (χ2n) is 6.89. The van der Waals surface area contributed by atoms with Gasteiger partial charge in [-0.15, -0.1) is 11.3 Å². The summed E-state index contributed by atoms with van der Waals surface area (Å²) in [4.78, 5) is 16.9. The summed E-state index contributed by atoms with van der Waals surface area (Å²) in [6.45, 7) is 1.44. The molecule has 6 heteroatoms. The quantitative estimate of drug-likeness (QED) is 0.710. The monoisotopic (exact) mass is 382 g/mol. The van der Waals surface area contributed by atoms with Gasteiger partial charge in [-0.2, -0.15) is 0 Å². The van der Waals surface area contributed by atoms with Gasteiger partial charge in [0.1, 0.15) is 5.60 Å². The molecule has 1 aliphatic rings. The number of hydrogen-bond donors (Lipinski definition) is 2. The fourth-order valence-corrected chi connectivity index (χ4v) is 4.41. The van der Waals surface area contributed by atoms with Crippen molar-refractivity contribution in [2.24, 2.45) is 5.92 Å². The molecule has 2 aromatic carbocycles. The first-order valence-corrected chi connectivity index (χ1v) is 10.0. The smallest absolute Gasteiger partial charge is 0.251 e. The minimum absolute atomic E-state index is 0.0397. The first-order chi connectivity index (χ1) is 13.2. The van der Waals surface area contributed by atoms with Gasteiger partial charge in [-0.3, -0.25) is 4.79 Å². The van der Waals surface area contributed by atoms with E-state index in [1.807, 2.05) is 42.5 Å². The van der Waals surface area contributed by atoms with Gasteiger partial charge in [0, 0.05) is 18.8 Å². The molecule has 3 aromatic rings. The molecule has 0 radical (unpaired) electrons. The molecule has 1 aliphatic heterocycles.